The molecular weight excluding hydrogens is 534 g/mol. The van der Waals surface area contributed by atoms with Crippen molar-refractivity contribution in [1.29, 1.82) is 0 Å². The van der Waals surface area contributed by atoms with Gasteiger partial charge in [-0.2, -0.15) is 0 Å². The van der Waals surface area contributed by atoms with E-state index in [0.29, 0.717) is 50.4 Å². The first-order valence-corrected chi connectivity index (χ1v) is 14.1. The molecule has 0 bridgehead atoms. The normalized spacial score (nSPS) is 13.7. The van der Waals surface area contributed by atoms with Crippen molar-refractivity contribution in [3.63, 3.8) is 0 Å². The Labute approximate surface area is 245 Å². The molecule has 4 amide bonds. The molecule has 0 aromatic heterocycles. The molecule has 1 aliphatic rings. The Bertz CT molecular complexity index is 1400. The highest BCUT2D eigenvalue weighted by atomic mass is 16.4. The second-order valence-corrected chi connectivity index (χ2v) is 10.3. The Morgan fingerprint density at radius 1 is 0.905 bits per heavy atom. The fourth-order valence-corrected chi connectivity index (χ4v) is 4.93. The van der Waals surface area contributed by atoms with Crippen LogP contribution in [0.25, 0.3) is 0 Å². The Morgan fingerprint density at radius 3 is 2.24 bits per heavy atom. The van der Waals surface area contributed by atoms with Gasteiger partial charge in [0.25, 0.3) is 5.91 Å². The minimum Gasteiger partial charge on any atom is -0.481 e. The molecule has 1 aliphatic heterocycles. The van der Waals surface area contributed by atoms with Gasteiger partial charge in [-0.3, -0.25) is 14.4 Å². The molecule has 4 N–H and O–H groups in total. The van der Waals surface area contributed by atoms with Crippen molar-refractivity contribution < 1.29 is 24.3 Å². The molecule has 1 fully saturated rings. The maximum absolute atomic E-state index is 13.3. The standard InChI is InChI=1S/C32H37N5O5/c1-3-33-32(42)35-27-20-25(31(41)34-26(21-30(39)40)24-11-9-22(2)10-12-24)13-14-28(27)36-15-17-37(18-16-36)29(38)19-23-7-5-4-6-8-23/h4-14,20,26H,3,15-19,21H2,1-2H3,(H,34,41)(H,39,40)(H2,33,35,42). The average Bonchev–Trinajstić information content (AvgIpc) is 2.97. The van der Waals surface area contributed by atoms with E-state index in [1.54, 1.807) is 30.3 Å². The Hall–Kier alpha value is -4.86. The number of hydrogen-bond donors (Lipinski definition) is 4. The number of anilines is 2. The van der Waals surface area contributed by atoms with Gasteiger partial charge in [0.2, 0.25) is 5.91 Å². The topological polar surface area (TPSA) is 131 Å². The Kier molecular flexibility index (Phi) is 10.1. The van der Waals surface area contributed by atoms with Gasteiger partial charge in [-0.05, 0) is 43.2 Å². The van der Waals surface area contributed by atoms with Gasteiger partial charge < -0.3 is 30.9 Å². The van der Waals surface area contributed by atoms with E-state index in [-0.39, 0.29) is 17.9 Å². The van der Waals surface area contributed by atoms with Crippen LogP contribution in [-0.2, 0) is 16.0 Å². The van der Waals surface area contributed by atoms with E-state index >= 15 is 0 Å². The lowest BCUT2D eigenvalue weighted by atomic mass is 10.0. The number of carboxylic acids is 1. The third-order valence-corrected chi connectivity index (χ3v) is 7.18. The molecule has 0 aliphatic carbocycles. The largest absolute Gasteiger partial charge is 0.481 e. The summed E-state index contributed by atoms with van der Waals surface area (Å²) in [6.07, 6.45) is 0.0737. The number of hydrogen-bond acceptors (Lipinski definition) is 5. The van der Waals surface area contributed by atoms with Crippen LogP contribution >= 0.6 is 0 Å². The summed E-state index contributed by atoms with van der Waals surface area (Å²) < 4.78 is 0. The number of urea groups is 1. The molecule has 0 saturated carbocycles. The Morgan fingerprint density at radius 2 is 1.60 bits per heavy atom. The number of piperazine rings is 1. The SMILES string of the molecule is CCNC(=O)Nc1cc(C(=O)NC(CC(=O)O)c2ccc(C)cc2)ccc1N1CCN(C(=O)Cc2ccccc2)CC1. The van der Waals surface area contributed by atoms with Crippen LogP contribution in [0.2, 0.25) is 0 Å². The third kappa shape index (κ3) is 8.09. The van der Waals surface area contributed by atoms with Crippen molar-refractivity contribution in [1.82, 2.24) is 15.5 Å². The monoisotopic (exact) mass is 571 g/mol. The minimum atomic E-state index is -1.03. The minimum absolute atomic E-state index is 0.0676. The molecule has 1 unspecified atom stereocenters. The highest BCUT2D eigenvalue weighted by molar-refractivity contribution is 6.00. The maximum atomic E-state index is 13.3. The van der Waals surface area contributed by atoms with E-state index in [1.807, 2.05) is 61.2 Å². The van der Waals surface area contributed by atoms with E-state index in [9.17, 15) is 24.3 Å². The number of nitrogens with zero attached hydrogens (tertiary/aromatic N) is 2. The van der Waals surface area contributed by atoms with Gasteiger partial charge in [-0.1, -0.05) is 60.2 Å². The van der Waals surface area contributed by atoms with Crippen molar-refractivity contribution in [2.45, 2.75) is 32.7 Å². The highest BCUT2D eigenvalue weighted by Crippen LogP contribution is 2.29. The zero-order valence-electron chi connectivity index (χ0n) is 23.9. The van der Waals surface area contributed by atoms with Crippen LogP contribution in [0, 0.1) is 6.92 Å². The zero-order chi connectivity index (χ0) is 30.1. The molecule has 10 heteroatoms. The van der Waals surface area contributed by atoms with Gasteiger partial charge in [0.05, 0.1) is 30.3 Å². The lowest BCUT2D eigenvalue weighted by Gasteiger charge is -2.37. The second kappa shape index (κ2) is 14.2. The molecule has 3 aromatic rings. The first-order valence-electron chi connectivity index (χ1n) is 14.1. The van der Waals surface area contributed by atoms with Gasteiger partial charge in [-0.15, -0.1) is 0 Å². The van der Waals surface area contributed by atoms with Crippen LogP contribution in [0.5, 0.6) is 0 Å². The summed E-state index contributed by atoms with van der Waals surface area (Å²) in [5.41, 5.74) is 4.15. The second-order valence-electron chi connectivity index (χ2n) is 10.3. The number of amides is 4. The number of carbonyl (C=O) groups excluding carboxylic acids is 3. The summed E-state index contributed by atoms with van der Waals surface area (Å²) in [6.45, 7) is 6.35. The van der Waals surface area contributed by atoms with Crippen molar-refractivity contribution in [2.24, 2.45) is 0 Å². The lowest BCUT2D eigenvalue weighted by Crippen LogP contribution is -2.49. The number of carboxylic acid groups (broad SMARTS) is 1. The molecule has 10 nitrogen and oxygen atoms in total. The van der Waals surface area contributed by atoms with Crippen LogP contribution in [0.1, 0.15) is 46.4 Å². The lowest BCUT2D eigenvalue weighted by molar-refractivity contribution is -0.137. The van der Waals surface area contributed by atoms with E-state index < -0.39 is 23.9 Å². The summed E-state index contributed by atoms with van der Waals surface area (Å²) in [6, 6.07) is 20.9. The highest BCUT2D eigenvalue weighted by Gasteiger charge is 2.25. The van der Waals surface area contributed by atoms with Crippen LogP contribution in [0.15, 0.2) is 72.8 Å². The smallest absolute Gasteiger partial charge is 0.319 e. The molecule has 220 valence electrons. The maximum Gasteiger partial charge on any atom is 0.319 e. The predicted molar refractivity (Wildman–Crippen MR) is 162 cm³/mol. The molecule has 42 heavy (non-hydrogen) atoms. The number of nitrogens with one attached hydrogen (secondary N) is 3. The molecule has 4 rings (SSSR count). The van der Waals surface area contributed by atoms with Gasteiger partial charge in [-0.25, -0.2) is 4.79 Å². The molecule has 1 atom stereocenters. The van der Waals surface area contributed by atoms with Crippen LogP contribution in [0.4, 0.5) is 16.2 Å². The molecule has 0 radical (unpaired) electrons. The predicted octanol–water partition coefficient (Wildman–Crippen LogP) is 3.97. The number of aliphatic carboxylic acids is 1. The number of aryl methyl sites for hydroxylation is 1. The summed E-state index contributed by atoms with van der Waals surface area (Å²) in [4.78, 5) is 54.1. The van der Waals surface area contributed by atoms with Crippen molar-refractivity contribution in [2.75, 3.05) is 42.9 Å². The van der Waals surface area contributed by atoms with Gasteiger partial charge in [0.15, 0.2) is 0 Å². The van der Waals surface area contributed by atoms with Crippen LogP contribution in [0.3, 0.4) is 0 Å². The van der Waals surface area contributed by atoms with E-state index in [1.165, 1.54) is 0 Å². The molecule has 3 aromatic carbocycles. The Balaban J connectivity index is 1.50. The fourth-order valence-electron chi connectivity index (χ4n) is 4.93. The fraction of sp³-hybridized carbons (Fsp3) is 0.312. The van der Waals surface area contributed by atoms with Crippen LogP contribution < -0.4 is 20.9 Å². The number of benzene rings is 3. The summed E-state index contributed by atoms with van der Waals surface area (Å²) in [7, 11) is 0. The van der Waals surface area contributed by atoms with Gasteiger partial charge in [0, 0.05) is 38.3 Å². The molecule has 0 spiro atoms. The summed E-state index contributed by atoms with van der Waals surface area (Å²) in [5.74, 6) is -1.42. The number of rotatable bonds is 10. The molecule has 1 saturated heterocycles. The average molecular weight is 572 g/mol. The third-order valence-electron chi connectivity index (χ3n) is 7.18. The van der Waals surface area contributed by atoms with Gasteiger partial charge in [0.1, 0.15) is 0 Å². The number of carbonyl (C=O) groups is 4. The summed E-state index contributed by atoms with van der Waals surface area (Å²) >= 11 is 0. The molecular formula is C32H37N5O5. The van der Waals surface area contributed by atoms with E-state index in [2.05, 4.69) is 20.9 Å². The van der Waals surface area contributed by atoms with Crippen molar-refractivity contribution in [3.8, 4) is 0 Å². The van der Waals surface area contributed by atoms with E-state index in [4.69, 9.17) is 0 Å². The quantitative estimate of drug-likeness (QED) is 0.291. The first kappa shape index (κ1) is 30.1. The summed E-state index contributed by atoms with van der Waals surface area (Å²) in [5, 5.41) is 17.8. The van der Waals surface area contributed by atoms with Crippen molar-refractivity contribution >= 4 is 35.2 Å². The first-order chi connectivity index (χ1) is 20.2. The van der Waals surface area contributed by atoms with Crippen LogP contribution in [-0.4, -0.2) is 66.5 Å². The van der Waals surface area contributed by atoms with Gasteiger partial charge >= 0.3 is 12.0 Å². The zero-order valence-corrected chi connectivity index (χ0v) is 23.9. The van der Waals surface area contributed by atoms with E-state index in [0.717, 1.165) is 16.8 Å². The molecule has 1 heterocycles. The van der Waals surface area contributed by atoms with Crippen molar-refractivity contribution in [3.05, 3.63) is 95.1 Å².